The van der Waals surface area contributed by atoms with Crippen LogP contribution in [-0.4, -0.2) is 45.9 Å². The molecule has 0 aromatic carbocycles. The summed E-state index contributed by atoms with van der Waals surface area (Å²) < 4.78 is 30.0. The average Bonchev–Trinajstić information content (AvgIpc) is 2.10. The van der Waals surface area contributed by atoms with Gasteiger partial charge in [-0.2, -0.15) is 0 Å². The van der Waals surface area contributed by atoms with Gasteiger partial charge in [-0.3, -0.25) is 0 Å². The zero-order valence-corrected chi connectivity index (χ0v) is 10.5. The zero-order chi connectivity index (χ0) is 14.7. The van der Waals surface area contributed by atoms with E-state index in [1.165, 1.54) is 20.8 Å². The molecular weight excluding hydrogens is 252 g/mol. The summed E-state index contributed by atoms with van der Waals surface area (Å²) in [5.74, 6) is -1.87. The Bertz CT molecular complexity index is 325. The van der Waals surface area contributed by atoms with Crippen molar-refractivity contribution in [3.05, 3.63) is 0 Å². The van der Waals surface area contributed by atoms with E-state index in [0.29, 0.717) is 6.92 Å². The van der Waals surface area contributed by atoms with E-state index in [9.17, 15) is 23.5 Å². The lowest BCUT2D eigenvalue weighted by molar-refractivity contribution is -0.164. The summed E-state index contributed by atoms with van der Waals surface area (Å²) in [7, 11) is 0. The Kier molecular flexibility index (Phi) is 5.03. The van der Waals surface area contributed by atoms with Gasteiger partial charge in [0.1, 0.15) is 11.6 Å². The Hall–Kier alpha value is -1.44. The summed E-state index contributed by atoms with van der Waals surface area (Å²) in [6.45, 7) is 5.21. The fraction of sp³-hybridized carbons (Fsp3) is 0.800. The summed E-state index contributed by atoms with van der Waals surface area (Å²) >= 11 is 0. The second-order valence-electron chi connectivity index (χ2n) is 4.91. The number of nitrogens with one attached hydrogen (secondary N) is 1. The van der Waals surface area contributed by atoms with E-state index in [-0.39, 0.29) is 0 Å². The van der Waals surface area contributed by atoms with Gasteiger partial charge >= 0.3 is 12.1 Å². The molecule has 18 heavy (non-hydrogen) atoms. The number of alkyl carbamates (subject to hydrolysis) is 1. The van der Waals surface area contributed by atoms with Crippen molar-refractivity contribution in [2.75, 3.05) is 0 Å². The third-order valence-corrected chi connectivity index (χ3v) is 1.96. The first-order valence-corrected chi connectivity index (χ1v) is 5.11. The third kappa shape index (κ3) is 4.82. The number of aliphatic hydroxyl groups is 1. The van der Waals surface area contributed by atoms with Crippen LogP contribution >= 0.6 is 0 Å². The monoisotopic (exact) mass is 269 g/mol. The van der Waals surface area contributed by atoms with E-state index in [1.54, 1.807) is 5.32 Å². The summed E-state index contributed by atoms with van der Waals surface area (Å²) in [5, 5.41) is 19.7. The lowest BCUT2D eigenvalue weighted by atomic mass is 9.97. The number of carboxylic acids is 1. The summed E-state index contributed by atoms with van der Waals surface area (Å²) in [5.41, 5.74) is -3.73. The molecule has 0 aliphatic heterocycles. The quantitative estimate of drug-likeness (QED) is 0.707. The maximum Gasteiger partial charge on any atom is 0.408 e. The fourth-order valence-electron chi connectivity index (χ4n) is 1.02. The normalized spacial score (nSPS) is 16.9. The predicted molar refractivity (Wildman–Crippen MR) is 57.4 cm³/mol. The van der Waals surface area contributed by atoms with Gasteiger partial charge in [0.2, 0.25) is 0 Å². The van der Waals surface area contributed by atoms with E-state index >= 15 is 0 Å². The number of rotatable bonds is 4. The molecule has 0 saturated heterocycles. The number of carbonyl (C=O) groups is 2. The van der Waals surface area contributed by atoms with Crippen molar-refractivity contribution < 1.29 is 33.3 Å². The largest absolute Gasteiger partial charge is 0.479 e. The highest BCUT2D eigenvalue weighted by Gasteiger charge is 2.46. The molecule has 0 aliphatic rings. The van der Waals surface area contributed by atoms with Crippen LogP contribution in [0, 0.1) is 0 Å². The van der Waals surface area contributed by atoms with Crippen molar-refractivity contribution in [2.45, 2.75) is 51.4 Å². The molecule has 0 rings (SSSR count). The van der Waals surface area contributed by atoms with E-state index in [1.807, 2.05) is 0 Å². The molecule has 0 aliphatic carbocycles. The molecule has 106 valence electrons. The Morgan fingerprint density at radius 1 is 1.22 bits per heavy atom. The second-order valence-corrected chi connectivity index (χ2v) is 4.91. The molecule has 1 amide bonds. The number of carboxylic acid groups (broad SMARTS) is 1. The standard InChI is InChI=1S/C10H17F2NO5/c1-9(2,3)18-8(16)13-5(6(11)12)10(4,17)7(14)15/h5-6,17H,1-4H3,(H,13,16)(H,14,15)/t5-,10+/m0/s1. The number of carbonyl (C=O) groups excluding carboxylic acids is 1. The molecule has 3 N–H and O–H groups in total. The third-order valence-electron chi connectivity index (χ3n) is 1.96. The number of amides is 1. The first-order chi connectivity index (χ1) is 7.88. The van der Waals surface area contributed by atoms with Crippen LogP contribution in [0.5, 0.6) is 0 Å². The highest BCUT2D eigenvalue weighted by atomic mass is 19.3. The van der Waals surface area contributed by atoms with Crippen molar-refractivity contribution in [1.82, 2.24) is 5.32 Å². The molecule has 0 spiro atoms. The number of ether oxygens (including phenoxy) is 1. The lowest BCUT2D eigenvalue weighted by Gasteiger charge is -2.30. The zero-order valence-electron chi connectivity index (χ0n) is 10.5. The van der Waals surface area contributed by atoms with Gasteiger partial charge in [0.15, 0.2) is 5.60 Å². The van der Waals surface area contributed by atoms with E-state index in [2.05, 4.69) is 0 Å². The number of hydrogen-bond acceptors (Lipinski definition) is 4. The highest BCUT2D eigenvalue weighted by molar-refractivity contribution is 5.79. The number of aliphatic carboxylic acids is 1. The van der Waals surface area contributed by atoms with Gasteiger partial charge in [-0.25, -0.2) is 18.4 Å². The van der Waals surface area contributed by atoms with Crippen molar-refractivity contribution >= 4 is 12.1 Å². The summed E-state index contributed by atoms with van der Waals surface area (Å²) in [4.78, 5) is 21.9. The average molecular weight is 269 g/mol. The Balaban J connectivity index is 4.86. The highest BCUT2D eigenvalue weighted by Crippen LogP contribution is 2.18. The minimum Gasteiger partial charge on any atom is -0.479 e. The molecule has 0 fully saturated rings. The van der Waals surface area contributed by atoms with E-state index in [0.717, 1.165) is 0 Å². The molecule has 0 bridgehead atoms. The van der Waals surface area contributed by atoms with Crippen molar-refractivity contribution in [3.8, 4) is 0 Å². The molecular formula is C10H17F2NO5. The van der Waals surface area contributed by atoms with Gasteiger partial charge in [0.05, 0.1) is 0 Å². The van der Waals surface area contributed by atoms with E-state index in [4.69, 9.17) is 9.84 Å². The second kappa shape index (κ2) is 5.47. The molecule has 0 aromatic heterocycles. The van der Waals surface area contributed by atoms with Crippen LogP contribution in [0.25, 0.3) is 0 Å². The van der Waals surface area contributed by atoms with E-state index < -0.39 is 35.7 Å². The van der Waals surface area contributed by atoms with Crippen LogP contribution in [0.15, 0.2) is 0 Å². The van der Waals surface area contributed by atoms with Gasteiger partial charge in [-0.1, -0.05) is 0 Å². The molecule has 0 saturated carbocycles. The van der Waals surface area contributed by atoms with Crippen LogP contribution in [0.1, 0.15) is 27.7 Å². The van der Waals surface area contributed by atoms with Gasteiger partial charge in [-0.15, -0.1) is 0 Å². The number of halogens is 2. The minimum atomic E-state index is -3.26. The maximum atomic E-state index is 12.7. The first-order valence-electron chi connectivity index (χ1n) is 5.11. The molecule has 6 nitrogen and oxygen atoms in total. The van der Waals surface area contributed by atoms with Crippen molar-refractivity contribution in [2.24, 2.45) is 0 Å². The molecule has 0 radical (unpaired) electrons. The van der Waals surface area contributed by atoms with Crippen LogP contribution in [0.3, 0.4) is 0 Å². The fourth-order valence-corrected chi connectivity index (χ4v) is 1.02. The summed E-state index contributed by atoms with van der Waals surface area (Å²) in [6, 6.07) is -2.27. The smallest absolute Gasteiger partial charge is 0.408 e. The first kappa shape index (κ1) is 16.6. The maximum absolute atomic E-state index is 12.7. The molecule has 0 unspecified atom stereocenters. The van der Waals surface area contributed by atoms with Gasteiger partial charge in [0.25, 0.3) is 6.43 Å². The van der Waals surface area contributed by atoms with Crippen LogP contribution in [-0.2, 0) is 9.53 Å². The van der Waals surface area contributed by atoms with Gasteiger partial charge in [0, 0.05) is 0 Å². The minimum absolute atomic E-state index is 0.670. The number of hydrogen-bond donors (Lipinski definition) is 3. The molecule has 8 heteroatoms. The van der Waals surface area contributed by atoms with Crippen molar-refractivity contribution in [3.63, 3.8) is 0 Å². The topological polar surface area (TPSA) is 95.9 Å². The Morgan fingerprint density at radius 2 is 1.67 bits per heavy atom. The predicted octanol–water partition coefficient (Wildman–Crippen LogP) is 0.980. The number of alkyl halides is 2. The van der Waals surface area contributed by atoms with Gasteiger partial charge < -0.3 is 20.3 Å². The Labute approximate surface area is 103 Å². The van der Waals surface area contributed by atoms with Gasteiger partial charge in [-0.05, 0) is 27.7 Å². The molecule has 0 heterocycles. The van der Waals surface area contributed by atoms with Crippen LogP contribution < -0.4 is 5.32 Å². The van der Waals surface area contributed by atoms with Crippen molar-refractivity contribution in [1.29, 1.82) is 0 Å². The molecule has 2 atom stereocenters. The Morgan fingerprint density at radius 3 is 1.94 bits per heavy atom. The lowest BCUT2D eigenvalue weighted by Crippen LogP contribution is -2.59. The van der Waals surface area contributed by atoms with Crippen LogP contribution in [0.2, 0.25) is 0 Å². The van der Waals surface area contributed by atoms with Crippen LogP contribution in [0.4, 0.5) is 13.6 Å². The summed E-state index contributed by atoms with van der Waals surface area (Å²) in [6.07, 6.45) is -4.49. The molecule has 0 aromatic rings. The SMILES string of the molecule is CC(C)(C)OC(=O)N[C@@H](C(F)F)[C@@](C)(O)C(=O)O.